The second kappa shape index (κ2) is 5.04. The number of fused-ring (bicyclic) bond motifs is 1. The zero-order chi connectivity index (χ0) is 11.5. The summed E-state index contributed by atoms with van der Waals surface area (Å²) in [7, 11) is 0. The van der Waals surface area contributed by atoms with Crippen LogP contribution in [-0.4, -0.2) is 11.8 Å². The van der Waals surface area contributed by atoms with E-state index in [-0.39, 0.29) is 11.8 Å². The van der Waals surface area contributed by atoms with Crippen molar-refractivity contribution in [2.45, 2.75) is 6.54 Å². The maximum Gasteiger partial charge on any atom is 0.235 e. The molecule has 2 nitrogen and oxygen atoms in total. The summed E-state index contributed by atoms with van der Waals surface area (Å²) in [6, 6.07) is 5.77. The van der Waals surface area contributed by atoms with Gasteiger partial charge in [0.1, 0.15) is 5.88 Å². The van der Waals surface area contributed by atoms with Crippen molar-refractivity contribution < 1.29 is 4.79 Å². The molecule has 1 amide bonds. The van der Waals surface area contributed by atoms with Gasteiger partial charge in [0.2, 0.25) is 5.91 Å². The number of nitrogens with one attached hydrogen (secondary N) is 1. The monoisotopic (exact) mass is 273 g/mol. The number of halogens is 2. The van der Waals surface area contributed by atoms with Gasteiger partial charge in [-0.3, -0.25) is 4.79 Å². The molecule has 0 spiro atoms. The molecule has 0 unspecified atom stereocenters. The van der Waals surface area contributed by atoms with E-state index < -0.39 is 0 Å². The van der Waals surface area contributed by atoms with Crippen LogP contribution in [0.4, 0.5) is 0 Å². The molecule has 84 valence electrons. The molecule has 0 fully saturated rings. The summed E-state index contributed by atoms with van der Waals surface area (Å²) in [6.07, 6.45) is 0. The number of rotatable bonds is 3. The van der Waals surface area contributed by atoms with E-state index in [0.717, 1.165) is 20.7 Å². The fourth-order valence-corrected chi connectivity index (χ4v) is 2.83. The minimum absolute atomic E-state index is 0.0111. The lowest BCUT2D eigenvalue weighted by Crippen LogP contribution is -2.23. The number of carbonyl (C=O) groups excluding carboxylic acids is 1. The molecule has 0 saturated carbocycles. The fraction of sp³-hybridized carbons (Fsp3) is 0.182. The summed E-state index contributed by atoms with van der Waals surface area (Å²) in [5.41, 5.74) is 1.07. The number of carbonyl (C=O) groups is 1. The van der Waals surface area contributed by atoms with Gasteiger partial charge in [-0.1, -0.05) is 23.7 Å². The van der Waals surface area contributed by atoms with Crippen LogP contribution in [0.5, 0.6) is 0 Å². The Kier molecular flexibility index (Phi) is 3.69. The van der Waals surface area contributed by atoms with Crippen molar-refractivity contribution >= 4 is 50.5 Å². The molecule has 2 rings (SSSR count). The number of alkyl halides is 1. The molecule has 5 heteroatoms. The van der Waals surface area contributed by atoms with Gasteiger partial charge in [-0.05, 0) is 22.4 Å². The predicted molar refractivity (Wildman–Crippen MR) is 69.4 cm³/mol. The zero-order valence-electron chi connectivity index (χ0n) is 8.30. The summed E-state index contributed by atoms with van der Waals surface area (Å²) in [6.45, 7) is 0.492. The number of thiophene rings is 1. The van der Waals surface area contributed by atoms with Gasteiger partial charge in [0, 0.05) is 6.54 Å². The third-order valence-electron chi connectivity index (χ3n) is 2.23. The molecule has 16 heavy (non-hydrogen) atoms. The molecule has 0 aliphatic rings. The first-order valence-corrected chi connectivity index (χ1v) is 6.49. The van der Waals surface area contributed by atoms with E-state index in [1.807, 2.05) is 23.6 Å². The van der Waals surface area contributed by atoms with Crippen LogP contribution >= 0.6 is 34.5 Å². The molecule has 1 aromatic carbocycles. The molecular formula is C11H9Cl2NOS. The van der Waals surface area contributed by atoms with Crippen molar-refractivity contribution in [2.75, 3.05) is 5.88 Å². The van der Waals surface area contributed by atoms with Crippen molar-refractivity contribution in [1.82, 2.24) is 5.32 Å². The maximum atomic E-state index is 11.0. The third-order valence-corrected chi connectivity index (χ3v) is 3.98. The SMILES string of the molecule is O=C(CCl)NCc1csc2c(Cl)cccc12. The van der Waals surface area contributed by atoms with Crippen LogP contribution in [0, 0.1) is 0 Å². The van der Waals surface area contributed by atoms with Crippen LogP contribution in [0.2, 0.25) is 5.02 Å². The van der Waals surface area contributed by atoms with Crippen LogP contribution < -0.4 is 5.32 Å². The Bertz CT molecular complexity index is 524. The normalized spacial score (nSPS) is 10.6. The Morgan fingerprint density at radius 3 is 3.00 bits per heavy atom. The van der Waals surface area contributed by atoms with Gasteiger partial charge >= 0.3 is 0 Å². The van der Waals surface area contributed by atoms with Crippen LogP contribution in [0.1, 0.15) is 5.56 Å². The van der Waals surface area contributed by atoms with E-state index in [0.29, 0.717) is 6.54 Å². The van der Waals surface area contributed by atoms with Crippen LogP contribution in [0.3, 0.4) is 0 Å². The quantitative estimate of drug-likeness (QED) is 0.854. The summed E-state index contributed by atoms with van der Waals surface area (Å²) < 4.78 is 1.05. The van der Waals surface area contributed by atoms with Crippen molar-refractivity contribution in [3.63, 3.8) is 0 Å². The number of hydrogen-bond donors (Lipinski definition) is 1. The van der Waals surface area contributed by atoms with E-state index in [1.165, 1.54) is 0 Å². The van der Waals surface area contributed by atoms with Gasteiger partial charge in [0.15, 0.2) is 0 Å². The van der Waals surface area contributed by atoms with E-state index in [9.17, 15) is 4.79 Å². The average Bonchev–Trinajstić information content (AvgIpc) is 2.70. The molecule has 1 aromatic heterocycles. The van der Waals surface area contributed by atoms with Crippen LogP contribution in [-0.2, 0) is 11.3 Å². The first-order chi connectivity index (χ1) is 7.72. The molecule has 0 aliphatic carbocycles. The zero-order valence-corrected chi connectivity index (χ0v) is 10.6. The Morgan fingerprint density at radius 1 is 1.44 bits per heavy atom. The number of hydrogen-bond acceptors (Lipinski definition) is 2. The average molecular weight is 274 g/mol. The smallest absolute Gasteiger partial charge is 0.235 e. The Morgan fingerprint density at radius 2 is 2.25 bits per heavy atom. The van der Waals surface area contributed by atoms with Gasteiger partial charge in [0.25, 0.3) is 0 Å². The lowest BCUT2D eigenvalue weighted by Gasteiger charge is -2.01. The van der Waals surface area contributed by atoms with Crippen molar-refractivity contribution in [3.8, 4) is 0 Å². The summed E-state index contributed by atoms with van der Waals surface area (Å²) >= 11 is 13.1. The highest BCUT2D eigenvalue weighted by molar-refractivity contribution is 7.18. The predicted octanol–water partition coefficient (Wildman–Crippen LogP) is 3.41. The molecule has 0 saturated heterocycles. The fourth-order valence-electron chi connectivity index (χ4n) is 1.45. The second-order valence-corrected chi connectivity index (χ2v) is 4.84. The van der Waals surface area contributed by atoms with Crippen molar-refractivity contribution in [3.05, 3.63) is 34.2 Å². The highest BCUT2D eigenvalue weighted by Crippen LogP contribution is 2.31. The number of benzene rings is 1. The minimum Gasteiger partial charge on any atom is -0.351 e. The van der Waals surface area contributed by atoms with Gasteiger partial charge in [-0.15, -0.1) is 22.9 Å². The van der Waals surface area contributed by atoms with Crippen LogP contribution in [0.25, 0.3) is 10.1 Å². The van der Waals surface area contributed by atoms with E-state index in [1.54, 1.807) is 11.3 Å². The van der Waals surface area contributed by atoms with Crippen LogP contribution in [0.15, 0.2) is 23.6 Å². The first kappa shape index (κ1) is 11.7. The van der Waals surface area contributed by atoms with E-state index in [4.69, 9.17) is 23.2 Å². The molecule has 0 radical (unpaired) electrons. The largest absolute Gasteiger partial charge is 0.351 e. The Balaban J connectivity index is 2.25. The Labute approximate surface area is 107 Å². The van der Waals surface area contributed by atoms with E-state index >= 15 is 0 Å². The summed E-state index contributed by atoms with van der Waals surface area (Å²) in [5, 5.41) is 6.58. The van der Waals surface area contributed by atoms with Gasteiger partial charge in [-0.2, -0.15) is 0 Å². The highest BCUT2D eigenvalue weighted by atomic mass is 35.5. The standard InChI is InChI=1S/C11H9Cl2NOS/c12-4-10(15)14-5-7-6-16-11-8(7)2-1-3-9(11)13/h1-3,6H,4-5H2,(H,14,15). The van der Waals surface area contributed by atoms with Gasteiger partial charge in [-0.25, -0.2) is 0 Å². The van der Waals surface area contributed by atoms with Crippen molar-refractivity contribution in [1.29, 1.82) is 0 Å². The van der Waals surface area contributed by atoms with Crippen molar-refractivity contribution in [2.24, 2.45) is 0 Å². The molecule has 0 aliphatic heterocycles. The lowest BCUT2D eigenvalue weighted by atomic mass is 10.2. The third kappa shape index (κ3) is 2.32. The molecule has 1 heterocycles. The van der Waals surface area contributed by atoms with E-state index in [2.05, 4.69) is 5.32 Å². The summed E-state index contributed by atoms with van der Waals surface area (Å²) in [4.78, 5) is 11.0. The van der Waals surface area contributed by atoms with Gasteiger partial charge in [0.05, 0.1) is 9.72 Å². The molecule has 2 aromatic rings. The maximum absolute atomic E-state index is 11.0. The minimum atomic E-state index is -0.164. The number of amides is 1. The summed E-state index contributed by atoms with van der Waals surface area (Å²) in [5.74, 6) is -0.175. The lowest BCUT2D eigenvalue weighted by molar-refractivity contribution is -0.118. The molecular weight excluding hydrogens is 265 g/mol. The molecule has 1 N–H and O–H groups in total. The van der Waals surface area contributed by atoms with Gasteiger partial charge < -0.3 is 5.32 Å². The first-order valence-electron chi connectivity index (χ1n) is 4.69. The molecule has 0 atom stereocenters. The second-order valence-electron chi connectivity index (χ2n) is 3.29. The molecule has 0 bridgehead atoms. The Hall–Kier alpha value is -0.770. The highest BCUT2D eigenvalue weighted by Gasteiger charge is 2.07. The topological polar surface area (TPSA) is 29.1 Å².